The first kappa shape index (κ1) is 41.2. The minimum atomic E-state index is -1.26. The van der Waals surface area contributed by atoms with Crippen LogP contribution in [0, 0.1) is 23.7 Å². The number of carbonyl (C=O) groups excluding carboxylic acids is 3. The number of ether oxygens (including phenoxy) is 5. The minimum absolute atomic E-state index is 0.217. The number of aliphatic imine (C=N–C) groups is 1. The van der Waals surface area contributed by atoms with Gasteiger partial charge in [0.1, 0.15) is 30.8 Å². The summed E-state index contributed by atoms with van der Waals surface area (Å²) >= 11 is 0. The van der Waals surface area contributed by atoms with E-state index in [4.69, 9.17) is 28.7 Å². The van der Waals surface area contributed by atoms with Gasteiger partial charge in [-0.1, -0.05) is 26.8 Å². The molecule has 2 bridgehead atoms. The van der Waals surface area contributed by atoms with E-state index in [9.17, 15) is 19.5 Å². The lowest BCUT2D eigenvalue weighted by atomic mass is 9.73. The van der Waals surface area contributed by atoms with Crippen LogP contribution in [-0.2, 0) is 39.7 Å². The lowest BCUT2D eigenvalue weighted by Crippen LogP contribution is -2.60. The third kappa shape index (κ3) is 8.18. The van der Waals surface area contributed by atoms with Crippen LogP contribution in [0.4, 0.5) is 4.79 Å². The maximum Gasteiger partial charge on any atom is 0.425 e. The van der Waals surface area contributed by atoms with Crippen LogP contribution in [0.15, 0.2) is 29.5 Å². The second-order valence-corrected chi connectivity index (χ2v) is 16.3. The summed E-state index contributed by atoms with van der Waals surface area (Å²) in [7, 11) is 5.38. The fourth-order valence-electron chi connectivity index (χ4n) is 8.98. The van der Waals surface area contributed by atoms with E-state index in [2.05, 4.69) is 11.9 Å². The van der Waals surface area contributed by atoms with E-state index in [0.29, 0.717) is 19.4 Å². The molecule has 1 unspecified atom stereocenters. The second kappa shape index (κ2) is 16.4. The Balaban J connectivity index is 1.55. The van der Waals surface area contributed by atoms with Crippen molar-refractivity contribution in [2.45, 2.75) is 135 Å². The summed E-state index contributed by atoms with van der Waals surface area (Å²) in [5.74, 6) is -3.71. The number of pyridine rings is 1. The molecule has 1 aromatic heterocycles. The van der Waals surface area contributed by atoms with Gasteiger partial charge in [0, 0.05) is 49.6 Å². The number of hydrogen-bond donors (Lipinski definition) is 1. The van der Waals surface area contributed by atoms with Gasteiger partial charge in [-0.3, -0.25) is 19.6 Å². The van der Waals surface area contributed by atoms with Gasteiger partial charge in [0.25, 0.3) is 0 Å². The van der Waals surface area contributed by atoms with Crippen molar-refractivity contribution in [2.24, 2.45) is 28.7 Å². The topological polar surface area (TPSA) is 153 Å². The maximum absolute atomic E-state index is 14.3. The molecule has 53 heavy (non-hydrogen) atoms. The molecule has 4 aliphatic rings. The number of cyclic esters (lactones) is 1. The van der Waals surface area contributed by atoms with E-state index in [1.54, 1.807) is 39.1 Å². The van der Waals surface area contributed by atoms with E-state index < -0.39 is 71.5 Å². The average Bonchev–Trinajstić information content (AvgIpc) is 3.29. The van der Waals surface area contributed by atoms with E-state index in [0.717, 1.165) is 24.1 Å². The van der Waals surface area contributed by atoms with Crippen molar-refractivity contribution in [3.8, 4) is 0 Å². The van der Waals surface area contributed by atoms with E-state index in [1.807, 2.05) is 63.1 Å². The fraction of sp³-hybridized carbons (Fsp3) is 0.769. The molecule has 0 saturated carbocycles. The zero-order valence-corrected chi connectivity index (χ0v) is 33.4. The number of fused-ring (bicyclic) bond motifs is 1. The third-order valence-electron chi connectivity index (χ3n) is 12.2. The zero-order chi connectivity index (χ0) is 39.0. The second-order valence-electron chi connectivity index (χ2n) is 16.3. The maximum atomic E-state index is 14.3. The van der Waals surface area contributed by atoms with Crippen LogP contribution in [0.5, 0.6) is 0 Å². The van der Waals surface area contributed by atoms with Gasteiger partial charge >= 0.3 is 12.1 Å². The van der Waals surface area contributed by atoms with Gasteiger partial charge in [-0.05, 0) is 91.9 Å². The minimum Gasteiger partial charge on any atom is -0.458 e. The van der Waals surface area contributed by atoms with Crippen molar-refractivity contribution in [3.05, 3.63) is 30.1 Å². The van der Waals surface area contributed by atoms with E-state index >= 15 is 0 Å². The van der Waals surface area contributed by atoms with Gasteiger partial charge in [-0.15, -0.1) is 0 Å². The molecule has 1 N–H and O–H groups in total. The molecule has 5 rings (SSSR count). The largest absolute Gasteiger partial charge is 0.458 e. The number of Topliss-reactive ketones (excluding diaryl/α,β-unsaturated/α-hetero) is 1. The summed E-state index contributed by atoms with van der Waals surface area (Å²) in [6, 6.07) is 3.12. The van der Waals surface area contributed by atoms with Crippen molar-refractivity contribution in [3.63, 3.8) is 0 Å². The molecule has 0 spiro atoms. The number of hydrazine groups is 1. The lowest BCUT2D eigenvalue weighted by Gasteiger charge is -2.47. The summed E-state index contributed by atoms with van der Waals surface area (Å²) in [5, 5.41) is 15.1. The Kier molecular flexibility index (Phi) is 12.7. The first-order valence-electron chi connectivity index (χ1n) is 19.1. The molecular weight excluding hydrogens is 682 g/mol. The van der Waals surface area contributed by atoms with Crippen LogP contribution in [0.1, 0.15) is 80.2 Å². The van der Waals surface area contributed by atoms with Gasteiger partial charge in [-0.2, -0.15) is 5.01 Å². The van der Waals surface area contributed by atoms with Crippen molar-refractivity contribution in [1.29, 1.82) is 0 Å². The highest BCUT2D eigenvalue weighted by Gasteiger charge is 2.61. The number of rotatable bonds is 8. The first-order chi connectivity index (χ1) is 24.9. The molecule has 3 fully saturated rings. The summed E-state index contributed by atoms with van der Waals surface area (Å²) in [4.78, 5) is 53.3. The Morgan fingerprint density at radius 3 is 2.43 bits per heavy atom. The van der Waals surface area contributed by atoms with Gasteiger partial charge in [0.2, 0.25) is 0 Å². The predicted molar refractivity (Wildman–Crippen MR) is 197 cm³/mol. The Hall–Kier alpha value is -3.01. The van der Waals surface area contributed by atoms with Crippen LogP contribution in [-0.4, -0.2) is 137 Å². The van der Waals surface area contributed by atoms with Gasteiger partial charge < -0.3 is 33.7 Å². The normalized spacial score (nSPS) is 40.3. The van der Waals surface area contributed by atoms with Crippen LogP contribution in [0.25, 0.3) is 0 Å². The highest BCUT2D eigenvalue weighted by molar-refractivity contribution is 6.00. The molecule has 3 saturated heterocycles. The van der Waals surface area contributed by atoms with Gasteiger partial charge in [0.05, 0.1) is 17.8 Å². The molecular formula is C39H61N5O9. The molecule has 1 amide bonds. The Labute approximate surface area is 314 Å². The number of aromatic nitrogens is 1. The number of methoxy groups -OCH3 is 1. The van der Waals surface area contributed by atoms with Crippen LogP contribution >= 0.6 is 0 Å². The number of nitrogens with zero attached hydrogens (tertiary/aromatic N) is 5. The predicted octanol–water partition coefficient (Wildman–Crippen LogP) is 3.89. The monoisotopic (exact) mass is 743 g/mol. The van der Waals surface area contributed by atoms with Crippen molar-refractivity contribution in [1.82, 2.24) is 19.9 Å². The quantitative estimate of drug-likeness (QED) is 0.304. The summed E-state index contributed by atoms with van der Waals surface area (Å²) < 4.78 is 31.4. The van der Waals surface area contributed by atoms with Crippen molar-refractivity contribution in [2.75, 3.05) is 34.4 Å². The molecule has 296 valence electrons. The number of esters is 1. The molecule has 14 nitrogen and oxygen atoms in total. The lowest BCUT2D eigenvalue weighted by molar-refractivity contribution is -0.295. The molecule has 0 aromatic carbocycles. The average molecular weight is 744 g/mol. The molecule has 14 heteroatoms. The molecule has 4 aliphatic heterocycles. The highest BCUT2D eigenvalue weighted by atomic mass is 16.7. The highest BCUT2D eigenvalue weighted by Crippen LogP contribution is 2.44. The number of amides is 1. The number of carbonyl (C=O) groups is 3. The zero-order valence-electron chi connectivity index (χ0n) is 33.4. The van der Waals surface area contributed by atoms with Crippen LogP contribution in [0.3, 0.4) is 0 Å². The number of likely N-dealkylation sites (N-methyl/N-ethyl adjacent to an activating group) is 1. The Morgan fingerprint density at radius 1 is 1.08 bits per heavy atom. The number of hydrogen-bond acceptors (Lipinski definition) is 13. The smallest absolute Gasteiger partial charge is 0.425 e. The van der Waals surface area contributed by atoms with Crippen LogP contribution in [0.2, 0.25) is 0 Å². The summed E-state index contributed by atoms with van der Waals surface area (Å²) in [6.45, 7) is 15.4. The fourth-order valence-corrected chi connectivity index (χ4v) is 8.98. The van der Waals surface area contributed by atoms with E-state index in [1.165, 1.54) is 6.92 Å². The Bertz CT molecular complexity index is 1500. The molecule has 0 radical (unpaired) electrons. The molecule has 1 aromatic rings. The van der Waals surface area contributed by atoms with Crippen LogP contribution < -0.4 is 0 Å². The molecule has 13 atom stereocenters. The number of aliphatic hydroxyl groups excluding tert-OH is 1. The van der Waals surface area contributed by atoms with E-state index in [-0.39, 0.29) is 30.7 Å². The molecule has 0 aliphatic carbocycles. The standard InChI is InChI=1S/C39H61N5O9/c1-22-19-38(7,49-11)34(52-36-32(46)29(42(9)10)18-23(2)50-36)25(4)31(45)26(5)35(47)51-27(6)39(8)33-24(3)30(22)41-21-43(44(33)37(48)53-39)17-13-15-28-14-12-16-40-20-28/h12,14,16,20,22-27,29,32-34,36,46H,13,15,17-19,21H2,1-11H3/t22-,23-,24-,25+,26?,27+,29+,32-,33-,34-,36+,38+,39-/m1/s1. The third-order valence-corrected chi connectivity index (χ3v) is 12.2. The Morgan fingerprint density at radius 2 is 1.79 bits per heavy atom. The number of aryl methyl sites for hydroxylation is 1. The van der Waals surface area contributed by atoms with Crippen molar-refractivity contribution >= 4 is 23.6 Å². The number of ketones is 1. The first-order valence-corrected chi connectivity index (χ1v) is 19.1. The number of aliphatic hydroxyl groups is 1. The summed E-state index contributed by atoms with van der Waals surface area (Å²) in [5.41, 5.74) is -0.437. The van der Waals surface area contributed by atoms with Gasteiger partial charge in [-0.25, -0.2) is 9.80 Å². The van der Waals surface area contributed by atoms with Crippen molar-refractivity contribution < 1.29 is 43.2 Å². The van der Waals surface area contributed by atoms with Gasteiger partial charge in [0.15, 0.2) is 17.7 Å². The SMILES string of the molecule is CO[C@@]1(C)C[C@@H](C)C2=NCN(CCCc3cccnc3)N3C(=O)O[C@](C)([C@H](C)OC(=O)C(C)C(=O)[C@H](C)[C@H]1O[C@@H]1O[C@H](C)C[C@H](N(C)C)[C@H]1O)[C@H]3[C@@H]2C. The summed E-state index contributed by atoms with van der Waals surface area (Å²) in [6.07, 6.45) is 1.41. The molecule has 5 heterocycles.